The van der Waals surface area contributed by atoms with Crippen molar-refractivity contribution in [1.82, 2.24) is 5.32 Å². The molecule has 33 heavy (non-hydrogen) atoms. The van der Waals surface area contributed by atoms with Gasteiger partial charge in [-0.25, -0.2) is 0 Å². The highest BCUT2D eigenvalue weighted by Crippen LogP contribution is 2.22. The molecule has 2 N–H and O–H groups in total. The Morgan fingerprint density at radius 3 is 2.27 bits per heavy atom. The Balaban J connectivity index is 1.97. The number of benzene rings is 2. The van der Waals surface area contributed by atoms with Crippen LogP contribution in [0.15, 0.2) is 54.6 Å². The van der Waals surface area contributed by atoms with Gasteiger partial charge in [0.2, 0.25) is 0 Å². The molecule has 2 aromatic rings. The third-order valence-electron chi connectivity index (χ3n) is 5.21. The summed E-state index contributed by atoms with van der Waals surface area (Å²) in [6.07, 6.45) is -4.13. The van der Waals surface area contributed by atoms with E-state index in [4.69, 9.17) is 9.84 Å². The van der Waals surface area contributed by atoms with Crippen molar-refractivity contribution in [3.63, 3.8) is 0 Å². The Bertz CT molecular complexity index is 869. The monoisotopic (exact) mass is 465 g/mol. The molecular formula is C25H30F3NO4. The molecule has 0 saturated heterocycles. The average molecular weight is 466 g/mol. The number of hydrogen-bond donors (Lipinski definition) is 2. The summed E-state index contributed by atoms with van der Waals surface area (Å²) in [6.45, 7) is 1.39. The van der Waals surface area contributed by atoms with Crippen molar-refractivity contribution in [1.29, 1.82) is 0 Å². The van der Waals surface area contributed by atoms with Crippen molar-refractivity contribution >= 4 is 11.9 Å². The molecule has 0 spiro atoms. The first kappa shape index (κ1) is 26.4. The Morgan fingerprint density at radius 2 is 1.67 bits per heavy atom. The Labute approximate surface area is 192 Å². The molecule has 2 atom stereocenters. The number of hydrogen-bond acceptors (Lipinski definition) is 4. The molecule has 0 amide bonds. The average Bonchev–Trinajstić information content (AvgIpc) is 2.76. The first-order valence-electron chi connectivity index (χ1n) is 11.0. The SMILES string of the molecule is CC(CC(Cc1ccc(-c2ccccc2)cc1)NCCCC(=O)O)C(=O)OCCC(F)(F)F. The van der Waals surface area contributed by atoms with Crippen molar-refractivity contribution in [3.8, 4) is 11.1 Å². The zero-order chi connectivity index (χ0) is 24.3. The van der Waals surface area contributed by atoms with Gasteiger partial charge in [-0.3, -0.25) is 9.59 Å². The van der Waals surface area contributed by atoms with E-state index in [0.29, 0.717) is 25.8 Å². The van der Waals surface area contributed by atoms with E-state index in [9.17, 15) is 22.8 Å². The summed E-state index contributed by atoms with van der Waals surface area (Å²) in [5, 5.41) is 12.1. The number of aliphatic carboxylic acids is 1. The van der Waals surface area contributed by atoms with Crippen molar-refractivity contribution in [2.24, 2.45) is 5.92 Å². The Kier molecular flexibility index (Phi) is 10.4. The smallest absolute Gasteiger partial charge is 0.392 e. The van der Waals surface area contributed by atoms with Crippen LogP contribution in [-0.2, 0) is 20.7 Å². The van der Waals surface area contributed by atoms with E-state index in [1.54, 1.807) is 6.92 Å². The Morgan fingerprint density at radius 1 is 1.03 bits per heavy atom. The summed E-state index contributed by atoms with van der Waals surface area (Å²) < 4.78 is 41.6. The molecule has 2 aromatic carbocycles. The van der Waals surface area contributed by atoms with E-state index in [2.05, 4.69) is 5.32 Å². The second kappa shape index (κ2) is 13.0. The molecule has 0 aliphatic rings. The van der Waals surface area contributed by atoms with Crippen LogP contribution in [0, 0.1) is 5.92 Å². The number of carbonyl (C=O) groups excluding carboxylic acids is 1. The van der Waals surface area contributed by atoms with Crippen molar-refractivity contribution in [2.75, 3.05) is 13.2 Å². The lowest BCUT2D eigenvalue weighted by Gasteiger charge is -2.22. The summed E-state index contributed by atoms with van der Waals surface area (Å²) in [4.78, 5) is 22.9. The van der Waals surface area contributed by atoms with Gasteiger partial charge in [0.1, 0.15) is 0 Å². The molecule has 0 saturated carbocycles. The van der Waals surface area contributed by atoms with Crippen LogP contribution in [0.25, 0.3) is 11.1 Å². The molecule has 0 aliphatic heterocycles. The highest BCUT2D eigenvalue weighted by atomic mass is 19.4. The van der Waals surface area contributed by atoms with Crippen LogP contribution >= 0.6 is 0 Å². The molecule has 0 radical (unpaired) electrons. The van der Waals surface area contributed by atoms with Gasteiger partial charge in [-0.15, -0.1) is 0 Å². The van der Waals surface area contributed by atoms with Gasteiger partial charge in [0.05, 0.1) is 18.9 Å². The highest BCUT2D eigenvalue weighted by Gasteiger charge is 2.28. The molecule has 8 heteroatoms. The van der Waals surface area contributed by atoms with E-state index in [1.807, 2.05) is 54.6 Å². The first-order chi connectivity index (χ1) is 15.6. The summed E-state index contributed by atoms with van der Waals surface area (Å²) in [6, 6.07) is 17.8. The maximum absolute atomic E-state index is 12.3. The van der Waals surface area contributed by atoms with Gasteiger partial charge in [0, 0.05) is 12.5 Å². The topological polar surface area (TPSA) is 75.6 Å². The highest BCUT2D eigenvalue weighted by molar-refractivity contribution is 5.72. The lowest BCUT2D eigenvalue weighted by atomic mass is 9.94. The minimum absolute atomic E-state index is 0.0283. The number of nitrogens with one attached hydrogen (secondary N) is 1. The second-order valence-corrected chi connectivity index (χ2v) is 8.08. The maximum atomic E-state index is 12.3. The Hall–Kier alpha value is -2.87. The zero-order valence-electron chi connectivity index (χ0n) is 18.6. The molecule has 0 heterocycles. The molecule has 0 aliphatic carbocycles. The van der Waals surface area contributed by atoms with Crippen LogP contribution in [0.4, 0.5) is 13.2 Å². The van der Waals surface area contributed by atoms with E-state index in [1.165, 1.54) is 0 Å². The summed E-state index contributed by atoms with van der Waals surface area (Å²) in [5.41, 5.74) is 3.21. The molecule has 2 unspecified atom stereocenters. The minimum atomic E-state index is -4.37. The van der Waals surface area contributed by atoms with Gasteiger partial charge < -0.3 is 15.2 Å². The summed E-state index contributed by atoms with van der Waals surface area (Å²) in [7, 11) is 0. The fourth-order valence-electron chi connectivity index (χ4n) is 3.47. The largest absolute Gasteiger partial charge is 0.481 e. The number of esters is 1. The first-order valence-corrected chi connectivity index (χ1v) is 11.0. The number of ether oxygens (including phenoxy) is 1. The number of alkyl halides is 3. The van der Waals surface area contributed by atoms with Crippen LogP contribution in [0.3, 0.4) is 0 Å². The molecule has 0 aromatic heterocycles. The van der Waals surface area contributed by atoms with E-state index < -0.39 is 37.1 Å². The molecule has 0 fully saturated rings. The van der Waals surface area contributed by atoms with Crippen molar-refractivity contribution in [2.45, 2.75) is 51.2 Å². The second-order valence-electron chi connectivity index (χ2n) is 8.08. The lowest BCUT2D eigenvalue weighted by molar-refractivity contribution is -0.162. The molecule has 5 nitrogen and oxygen atoms in total. The van der Waals surface area contributed by atoms with Crippen LogP contribution in [-0.4, -0.2) is 42.4 Å². The molecule has 0 bridgehead atoms. The van der Waals surface area contributed by atoms with E-state index in [-0.39, 0.29) is 12.5 Å². The quantitative estimate of drug-likeness (QED) is 0.313. The van der Waals surface area contributed by atoms with E-state index in [0.717, 1.165) is 16.7 Å². The standard InChI is InChI=1S/C25H30F3NO4/c1-18(24(32)33-15-13-25(26,27)28)16-22(29-14-5-8-23(30)31)17-19-9-11-21(12-10-19)20-6-3-2-4-7-20/h2-4,6-7,9-12,18,22,29H,5,8,13-17H2,1H3,(H,30,31). The van der Waals surface area contributed by atoms with Gasteiger partial charge >= 0.3 is 18.1 Å². The van der Waals surface area contributed by atoms with Gasteiger partial charge in [0.25, 0.3) is 0 Å². The van der Waals surface area contributed by atoms with Crippen LogP contribution in [0.2, 0.25) is 0 Å². The zero-order valence-corrected chi connectivity index (χ0v) is 18.6. The predicted molar refractivity (Wildman–Crippen MR) is 120 cm³/mol. The van der Waals surface area contributed by atoms with Crippen molar-refractivity contribution in [3.05, 3.63) is 60.2 Å². The molecular weight excluding hydrogens is 435 g/mol. The van der Waals surface area contributed by atoms with Crippen LogP contribution in [0.5, 0.6) is 0 Å². The van der Waals surface area contributed by atoms with Gasteiger partial charge in [-0.05, 0) is 42.5 Å². The fraction of sp³-hybridized carbons (Fsp3) is 0.440. The van der Waals surface area contributed by atoms with Crippen LogP contribution in [0.1, 0.15) is 38.2 Å². The third kappa shape index (κ3) is 10.5. The maximum Gasteiger partial charge on any atom is 0.392 e. The number of carboxylic acid groups (broad SMARTS) is 1. The van der Waals surface area contributed by atoms with Gasteiger partial charge in [0.15, 0.2) is 0 Å². The van der Waals surface area contributed by atoms with E-state index >= 15 is 0 Å². The van der Waals surface area contributed by atoms with Gasteiger partial charge in [-0.2, -0.15) is 13.2 Å². The normalized spacial score (nSPS) is 13.3. The lowest BCUT2D eigenvalue weighted by Crippen LogP contribution is -2.35. The molecule has 2 rings (SSSR count). The number of rotatable bonds is 13. The van der Waals surface area contributed by atoms with Gasteiger partial charge in [-0.1, -0.05) is 61.5 Å². The summed E-state index contributed by atoms with van der Waals surface area (Å²) in [5.74, 6) is -2.15. The number of halogens is 3. The van der Waals surface area contributed by atoms with Crippen LogP contribution < -0.4 is 5.32 Å². The summed E-state index contributed by atoms with van der Waals surface area (Å²) >= 11 is 0. The molecule has 180 valence electrons. The fourth-order valence-corrected chi connectivity index (χ4v) is 3.47. The third-order valence-corrected chi connectivity index (χ3v) is 5.21. The number of carboxylic acids is 1. The number of carbonyl (C=O) groups is 2. The predicted octanol–water partition coefficient (Wildman–Crippen LogP) is 5.24. The van der Waals surface area contributed by atoms with Crippen molar-refractivity contribution < 1.29 is 32.6 Å². The minimum Gasteiger partial charge on any atom is -0.481 e.